The fraction of sp³-hybridized carbons (Fsp3) is 0.154. The first-order chi connectivity index (χ1) is 8.16. The van der Waals surface area contributed by atoms with E-state index in [1.807, 2.05) is 23.6 Å². The summed E-state index contributed by atoms with van der Waals surface area (Å²) in [6, 6.07) is 9.24. The quantitative estimate of drug-likeness (QED) is 0.787. The van der Waals surface area contributed by atoms with Crippen molar-refractivity contribution < 1.29 is 9.53 Å². The van der Waals surface area contributed by atoms with Crippen LogP contribution in [0.2, 0.25) is 0 Å². The van der Waals surface area contributed by atoms with Crippen molar-refractivity contribution in [2.75, 3.05) is 0 Å². The summed E-state index contributed by atoms with van der Waals surface area (Å²) in [7, 11) is 0. The third-order valence-electron chi connectivity index (χ3n) is 2.30. The fourth-order valence-corrected chi connectivity index (χ4v) is 2.76. The molecule has 0 N–H and O–H groups in total. The lowest BCUT2D eigenvalue weighted by Gasteiger charge is -2.06. The van der Waals surface area contributed by atoms with Gasteiger partial charge in [-0.1, -0.05) is 12.1 Å². The van der Waals surface area contributed by atoms with Crippen LogP contribution in [0.25, 0.3) is 0 Å². The molecule has 2 aromatic rings. The number of hydrogen-bond donors (Lipinski definition) is 0. The van der Waals surface area contributed by atoms with Crippen molar-refractivity contribution in [1.82, 2.24) is 0 Å². The second kappa shape index (κ2) is 5.47. The van der Waals surface area contributed by atoms with Gasteiger partial charge in [-0.3, -0.25) is 4.79 Å². The first-order valence-electron chi connectivity index (χ1n) is 5.12. The normalized spacial score (nSPS) is 10.2. The predicted molar refractivity (Wildman–Crippen MR) is 72.8 cm³/mol. The number of ketones is 1. The van der Waals surface area contributed by atoms with E-state index in [4.69, 9.17) is 4.74 Å². The molecule has 0 unspecified atom stereocenters. The number of thiophene rings is 1. The van der Waals surface area contributed by atoms with E-state index in [0.717, 1.165) is 15.1 Å². The summed E-state index contributed by atoms with van der Waals surface area (Å²) in [5, 5.41) is 2.01. The standard InChI is InChI=1S/C13H11BrO2S/c1-9(15)10-3-2-4-11(7-10)16-8-13-12(14)5-6-17-13/h2-7H,8H2,1H3. The number of carbonyl (C=O) groups is 1. The maximum absolute atomic E-state index is 11.2. The lowest BCUT2D eigenvalue weighted by molar-refractivity contribution is 0.101. The topological polar surface area (TPSA) is 26.3 Å². The smallest absolute Gasteiger partial charge is 0.159 e. The van der Waals surface area contributed by atoms with Gasteiger partial charge >= 0.3 is 0 Å². The van der Waals surface area contributed by atoms with E-state index in [9.17, 15) is 4.79 Å². The minimum atomic E-state index is 0.0488. The first kappa shape index (κ1) is 12.3. The van der Waals surface area contributed by atoms with Crippen LogP contribution in [-0.4, -0.2) is 5.78 Å². The summed E-state index contributed by atoms with van der Waals surface area (Å²) < 4.78 is 6.71. The number of Topliss-reactive ketones (excluding diaryl/α,β-unsaturated/α-hetero) is 1. The van der Waals surface area contributed by atoms with Gasteiger partial charge in [-0.05, 0) is 46.4 Å². The van der Waals surface area contributed by atoms with Gasteiger partial charge < -0.3 is 4.74 Å². The summed E-state index contributed by atoms with van der Waals surface area (Å²) in [6.45, 7) is 2.06. The summed E-state index contributed by atoms with van der Waals surface area (Å²) in [6.07, 6.45) is 0. The highest BCUT2D eigenvalue weighted by Gasteiger charge is 2.04. The van der Waals surface area contributed by atoms with Crippen molar-refractivity contribution in [3.05, 3.63) is 50.6 Å². The highest BCUT2D eigenvalue weighted by molar-refractivity contribution is 9.10. The highest BCUT2D eigenvalue weighted by atomic mass is 79.9. The molecule has 2 nitrogen and oxygen atoms in total. The van der Waals surface area contributed by atoms with E-state index in [-0.39, 0.29) is 5.78 Å². The number of carbonyl (C=O) groups excluding carboxylic acids is 1. The largest absolute Gasteiger partial charge is 0.488 e. The van der Waals surface area contributed by atoms with E-state index >= 15 is 0 Å². The second-order valence-electron chi connectivity index (χ2n) is 3.56. The molecule has 1 heterocycles. The van der Waals surface area contributed by atoms with Crippen molar-refractivity contribution in [3.63, 3.8) is 0 Å². The lowest BCUT2D eigenvalue weighted by atomic mass is 10.1. The van der Waals surface area contributed by atoms with E-state index in [2.05, 4.69) is 15.9 Å². The third-order valence-corrected chi connectivity index (χ3v) is 4.20. The molecule has 0 atom stereocenters. The van der Waals surface area contributed by atoms with Crippen LogP contribution in [0, 0.1) is 0 Å². The Hall–Kier alpha value is -1.13. The number of benzene rings is 1. The first-order valence-corrected chi connectivity index (χ1v) is 6.80. The van der Waals surface area contributed by atoms with Crippen LogP contribution >= 0.6 is 27.3 Å². The molecule has 0 saturated carbocycles. The van der Waals surface area contributed by atoms with E-state index in [1.165, 1.54) is 0 Å². The van der Waals surface area contributed by atoms with Crippen LogP contribution in [-0.2, 0) is 6.61 Å². The highest BCUT2D eigenvalue weighted by Crippen LogP contribution is 2.24. The number of ether oxygens (including phenoxy) is 1. The molecule has 2 rings (SSSR count). The van der Waals surface area contributed by atoms with Crippen LogP contribution in [0.3, 0.4) is 0 Å². The molecular formula is C13H11BrO2S. The molecule has 1 aromatic heterocycles. The van der Waals surface area contributed by atoms with Crippen molar-refractivity contribution in [1.29, 1.82) is 0 Å². The Morgan fingerprint density at radius 3 is 2.88 bits per heavy atom. The summed E-state index contributed by atoms with van der Waals surface area (Å²) in [5.41, 5.74) is 0.674. The number of halogens is 1. The molecule has 1 aromatic carbocycles. The Labute approximate surface area is 112 Å². The predicted octanol–water partition coefficient (Wildman–Crippen LogP) is 4.29. The minimum absolute atomic E-state index is 0.0488. The van der Waals surface area contributed by atoms with Gasteiger partial charge in [-0.25, -0.2) is 0 Å². The average Bonchev–Trinajstić information content (AvgIpc) is 2.72. The third kappa shape index (κ3) is 3.17. The molecule has 17 heavy (non-hydrogen) atoms. The van der Waals surface area contributed by atoms with Crippen molar-refractivity contribution in [2.45, 2.75) is 13.5 Å². The Kier molecular flexibility index (Phi) is 3.97. The lowest BCUT2D eigenvalue weighted by Crippen LogP contribution is -1.96. The molecule has 0 aliphatic heterocycles. The van der Waals surface area contributed by atoms with Gasteiger partial charge in [0.1, 0.15) is 12.4 Å². The van der Waals surface area contributed by atoms with Crippen molar-refractivity contribution >= 4 is 33.0 Å². The van der Waals surface area contributed by atoms with Gasteiger partial charge in [0.15, 0.2) is 5.78 Å². The molecule has 88 valence electrons. The molecule has 0 amide bonds. The van der Waals surface area contributed by atoms with Gasteiger partial charge in [0.25, 0.3) is 0 Å². The van der Waals surface area contributed by atoms with Gasteiger partial charge in [0, 0.05) is 10.0 Å². The maximum Gasteiger partial charge on any atom is 0.159 e. The SMILES string of the molecule is CC(=O)c1cccc(OCc2sccc2Br)c1. The molecule has 0 bridgehead atoms. The van der Waals surface area contributed by atoms with Crippen LogP contribution in [0.5, 0.6) is 5.75 Å². The molecule has 4 heteroatoms. The molecular weight excluding hydrogens is 300 g/mol. The van der Waals surface area contributed by atoms with Crippen molar-refractivity contribution in [3.8, 4) is 5.75 Å². The van der Waals surface area contributed by atoms with Gasteiger partial charge in [0.05, 0.1) is 4.88 Å². The van der Waals surface area contributed by atoms with Crippen LogP contribution < -0.4 is 4.74 Å². The van der Waals surface area contributed by atoms with Gasteiger partial charge in [-0.15, -0.1) is 11.3 Å². The molecule has 0 aliphatic rings. The monoisotopic (exact) mass is 310 g/mol. The van der Waals surface area contributed by atoms with Gasteiger partial charge in [-0.2, -0.15) is 0 Å². The summed E-state index contributed by atoms with van der Waals surface area (Å²) >= 11 is 5.09. The van der Waals surface area contributed by atoms with Gasteiger partial charge in [0.2, 0.25) is 0 Å². The zero-order chi connectivity index (χ0) is 12.3. The molecule has 0 spiro atoms. The van der Waals surface area contributed by atoms with Crippen molar-refractivity contribution in [2.24, 2.45) is 0 Å². The van der Waals surface area contributed by atoms with Crippen LogP contribution in [0.1, 0.15) is 22.2 Å². The molecule has 0 saturated heterocycles. The zero-order valence-electron chi connectivity index (χ0n) is 9.27. The Morgan fingerprint density at radius 2 is 2.24 bits per heavy atom. The minimum Gasteiger partial charge on any atom is -0.488 e. The summed E-state index contributed by atoms with van der Waals surface area (Å²) in [4.78, 5) is 12.4. The molecule has 0 radical (unpaired) electrons. The average molecular weight is 311 g/mol. The van der Waals surface area contributed by atoms with E-state index in [0.29, 0.717) is 12.2 Å². The Bertz CT molecular complexity index is 534. The van der Waals surface area contributed by atoms with E-state index in [1.54, 1.807) is 30.4 Å². The number of hydrogen-bond acceptors (Lipinski definition) is 3. The Morgan fingerprint density at radius 1 is 1.41 bits per heavy atom. The molecule has 0 fully saturated rings. The second-order valence-corrected chi connectivity index (χ2v) is 5.42. The number of rotatable bonds is 4. The molecule has 0 aliphatic carbocycles. The van der Waals surface area contributed by atoms with E-state index < -0.39 is 0 Å². The fourth-order valence-electron chi connectivity index (χ4n) is 1.38. The van der Waals surface area contributed by atoms with Crippen LogP contribution in [0.4, 0.5) is 0 Å². The summed E-state index contributed by atoms with van der Waals surface area (Å²) in [5.74, 6) is 0.769. The maximum atomic E-state index is 11.2. The Balaban J connectivity index is 2.07. The van der Waals surface area contributed by atoms with Crippen LogP contribution in [0.15, 0.2) is 40.2 Å². The zero-order valence-corrected chi connectivity index (χ0v) is 11.7.